The predicted octanol–water partition coefficient (Wildman–Crippen LogP) is 3.63. The SMILES string of the molecule is CCc1ccc(N2C(=O)[C@H](C=Nc3cc(C)ccc3C)C(=O)NC2=S)cc1. The molecule has 0 aliphatic carbocycles. The third kappa shape index (κ3) is 3.95. The molecule has 3 rings (SSSR count). The third-order valence-electron chi connectivity index (χ3n) is 4.53. The standard InChI is InChI=1S/C21H21N3O2S/c1-4-15-7-9-16(10-8-15)24-20(26)17(19(25)23-21(24)27)12-22-18-11-13(2)5-6-14(18)3/h5-12,17H,4H2,1-3H3,(H,23,25,27)/t17-/m1/s1. The summed E-state index contributed by atoms with van der Waals surface area (Å²) in [6, 6.07) is 13.4. The Balaban J connectivity index is 1.90. The van der Waals surface area contributed by atoms with Gasteiger partial charge in [0.15, 0.2) is 11.0 Å². The summed E-state index contributed by atoms with van der Waals surface area (Å²) in [6.45, 7) is 5.97. The van der Waals surface area contributed by atoms with Crippen molar-refractivity contribution in [3.63, 3.8) is 0 Å². The van der Waals surface area contributed by atoms with Crippen LogP contribution in [0.3, 0.4) is 0 Å². The number of nitrogens with zero attached hydrogens (tertiary/aromatic N) is 2. The summed E-state index contributed by atoms with van der Waals surface area (Å²) >= 11 is 5.22. The molecule has 2 amide bonds. The molecule has 0 spiro atoms. The highest BCUT2D eigenvalue weighted by Crippen LogP contribution is 2.23. The third-order valence-corrected chi connectivity index (χ3v) is 4.82. The van der Waals surface area contributed by atoms with Gasteiger partial charge in [-0.1, -0.05) is 31.2 Å². The minimum Gasteiger partial charge on any atom is -0.301 e. The lowest BCUT2D eigenvalue weighted by molar-refractivity contribution is -0.130. The Labute approximate surface area is 164 Å². The summed E-state index contributed by atoms with van der Waals surface area (Å²) in [4.78, 5) is 31.0. The molecular formula is C21H21N3O2S. The molecule has 0 unspecified atom stereocenters. The lowest BCUT2D eigenvalue weighted by Gasteiger charge is -2.31. The van der Waals surface area contributed by atoms with Gasteiger partial charge in [-0.15, -0.1) is 0 Å². The number of thiocarbonyl (C=S) groups is 1. The average Bonchev–Trinajstić information content (AvgIpc) is 2.64. The molecule has 2 aromatic rings. The molecule has 0 aromatic heterocycles. The first kappa shape index (κ1) is 18.9. The maximum Gasteiger partial charge on any atom is 0.251 e. The normalized spacial score (nSPS) is 17.5. The fraction of sp³-hybridized carbons (Fsp3) is 0.238. The monoisotopic (exact) mass is 379 g/mol. The van der Waals surface area contributed by atoms with Crippen LogP contribution < -0.4 is 10.2 Å². The van der Waals surface area contributed by atoms with Crippen molar-refractivity contribution in [1.82, 2.24) is 5.32 Å². The van der Waals surface area contributed by atoms with Crippen LogP contribution in [0, 0.1) is 19.8 Å². The lowest BCUT2D eigenvalue weighted by Crippen LogP contribution is -2.58. The zero-order valence-electron chi connectivity index (χ0n) is 15.5. The fourth-order valence-electron chi connectivity index (χ4n) is 2.86. The Morgan fingerprint density at radius 2 is 1.85 bits per heavy atom. The van der Waals surface area contributed by atoms with E-state index in [2.05, 4.69) is 17.2 Å². The van der Waals surface area contributed by atoms with Gasteiger partial charge in [-0.05, 0) is 67.4 Å². The van der Waals surface area contributed by atoms with E-state index in [4.69, 9.17) is 12.2 Å². The summed E-state index contributed by atoms with van der Waals surface area (Å²) in [5.41, 5.74) is 4.56. The van der Waals surface area contributed by atoms with Gasteiger partial charge in [-0.3, -0.25) is 19.5 Å². The van der Waals surface area contributed by atoms with Crippen LogP contribution in [0.25, 0.3) is 0 Å². The zero-order chi connectivity index (χ0) is 19.6. The van der Waals surface area contributed by atoms with Gasteiger partial charge in [-0.25, -0.2) is 0 Å². The number of hydrogen-bond acceptors (Lipinski definition) is 4. The van der Waals surface area contributed by atoms with Gasteiger partial charge in [0.2, 0.25) is 5.91 Å². The summed E-state index contributed by atoms with van der Waals surface area (Å²) in [5.74, 6) is -1.88. The van der Waals surface area contributed by atoms with E-state index in [9.17, 15) is 9.59 Å². The second kappa shape index (κ2) is 7.80. The van der Waals surface area contributed by atoms with Crippen LogP contribution in [-0.2, 0) is 16.0 Å². The quantitative estimate of drug-likeness (QED) is 0.501. The molecule has 1 saturated heterocycles. The molecule has 6 heteroatoms. The number of rotatable bonds is 4. The largest absolute Gasteiger partial charge is 0.301 e. The first-order valence-electron chi connectivity index (χ1n) is 8.80. The molecule has 1 heterocycles. The highest BCUT2D eigenvalue weighted by Gasteiger charge is 2.38. The maximum absolute atomic E-state index is 13.0. The second-order valence-corrected chi connectivity index (χ2v) is 6.92. The van der Waals surface area contributed by atoms with E-state index in [0.717, 1.165) is 28.8 Å². The number of benzene rings is 2. The average molecular weight is 379 g/mol. The van der Waals surface area contributed by atoms with E-state index in [-0.39, 0.29) is 5.11 Å². The van der Waals surface area contributed by atoms with E-state index < -0.39 is 17.7 Å². The molecular weight excluding hydrogens is 358 g/mol. The van der Waals surface area contributed by atoms with E-state index in [1.54, 1.807) is 0 Å². The minimum atomic E-state index is -1.03. The smallest absolute Gasteiger partial charge is 0.251 e. The van der Waals surface area contributed by atoms with Crippen molar-refractivity contribution in [3.05, 3.63) is 59.2 Å². The van der Waals surface area contributed by atoms with Gasteiger partial charge < -0.3 is 5.32 Å². The maximum atomic E-state index is 13.0. The summed E-state index contributed by atoms with van der Waals surface area (Å²) in [6.07, 6.45) is 2.30. The molecule has 1 aliphatic rings. The Morgan fingerprint density at radius 1 is 1.15 bits per heavy atom. The van der Waals surface area contributed by atoms with Crippen LogP contribution in [-0.4, -0.2) is 23.1 Å². The topological polar surface area (TPSA) is 61.8 Å². The molecule has 1 atom stereocenters. The Hall–Kier alpha value is -2.86. The van der Waals surface area contributed by atoms with Crippen molar-refractivity contribution in [1.29, 1.82) is 0 Å². The highest BCUT2D eigenvalue weighted by atomic mass is 32.1. The van der Waals surface area contributed by atoms with Crippen LogP contribution in [0.4, 0.5) is 11.4 Å². The fourth-order valence-corrected chi connectivity index (χ4v) is 3.16. The zero-order valence-corrected chi connectivity index (χ0v) is 16.3. The van der Waals surface area contributed by atoms with Crippen LogP contribution in [0.2, 0.25) is 0 Å². The van der Waals surface area contributed by atoms with Crippen LogP contribution in [0.1, 0.15) is 23.6 Å². The van der Waals surface area contributed by atoms with Crippen molar-refractivity contribution in [3.8, 4) is 0 Å². The van der Waals surface area contributed by atoms with Crippen molar-refractivity contribution in [2.45, 2.75) is 27.2 Å². The molecule has 0 bridgehead atoms. The molecule has 1 aliphatic heterocycles. The second-order valence-electron chi connectivity index (χ2n) is 6.53. The predicted molar refractivity (Wildman–Crippen MR) is 112 cm³/mol. The molecule has 2 aromatic carbocycles. The van der Waals surface area contributed by atoms with Crippen molar-refractivity contribution >= 4 is 46.7 Å². The number of hydrogen-bond donors (Lipinski definition) is 1. The Bertz CT molecular complexity index is 935. The van der Waals surface area contributed by atoms with Crippen molar-refractivity contribution in [2.24, 2.45) is 10.9 Å². The summed E-state index contributed by atoms with van der Waals surface area (Å²) in [7, 11) is 0. The lowest BCUT2D eigenvalue weighted by atomic mass is 10.0. The number of aliphatic imine (C=N–C) groups is 1. The Kier molecular flexibility index (Phi) is 5.46. The van der Waals surface area contributed by atoms with E-state index in [0.29, 0.717) is 5.69 Å². The summed E-state index contributed by atoms with van der Waals surface area (Å²) in [5, 5.41) is 2.69. The molecule has 138 valence electrons. The molecule has 1 N–H and O–H groups in total. The van der Waals surface area contributed by atoms with Crippen molar-refractivity contribution in [2.75, 3.05) is 4.90 Å². The van der Waals surface area contributed by atoms with Crippen LogP contribution in [0.15, 0.2) is 47.5 Å². The molecule has 0 radical (unpaired) electrons. The minimum absolute atomic E-state index is 0.0886. The summed E-state index contributed by atoms with van der Waals surface area (Å²) < 4.78 is 0. The number of aryl methyl sites for hydroxylation is 3. The number of carbonyl (C=O) groups is 2. The molecule has 5 nitrogen and oxygen atoms in total. The highest BCUT2D eigenvalue weighted by molar-refractivity contribution is 7.80. The van der Waals surface area contributed by atoms with Crippen molar-refractivity contribution < 1.29 is 9.59 Å². The molecule has 0 saturated carbocycles. The first-order chi connectivity index (χ1) is 12.9. The van der Waals surface area contributed by atoms with E-state index in [1.165, 1.54) is 11.1 Å². The van der Waals surface area contributed by atoms with Gasteiger partial charge in [0.25, 0.3) is 5.91 Å². The Morgan fingerprint density at radius 3 is 2.52 bits per heavy atom. The molecule has 1 fully saturated rings. The van der Waals surface area contributed by atoms with Crippen LogP contribution >= 0.6 is 12.2 Å². The van der Waals surface area contributed by atoms with E-state index in [1.807, 2.05) is 56.3 Å². The van der Waals surface area contributed by atoms with Gasteiger partial charge in [0, 0.05) is 6.21 Å². The van der Waals surface area contributed by atoms with Crippen LogP contribution in [0.5, 0.6) is 0 Å². The van der Waals surface area contributed by atoms with Gasteiger partial charge in [0.1, 0.15) is 0 Å². The molecule has 27 heavy (non-hydrogen) atoms. The van der Waals surface area contributed by atoms with E-state index >= 15 is 0 Å². The van der Waals surface area contributed by atoms with Gasteiger partial charge in [0.05, 0.1) is 11.4 Å². The number of amides is 2. The van der Waals surface area contributed by atoms with Gasteiger partial charge in [-0.2, -0.15) is 0 Å². The number of anilines is 1. The number of carbonyl (C=O) groups excluding carboxylic acids is 2. The van der Waals surface area contributed by atoms with Gasteiger partial charge >= 0.3 is 0 Å². The number of nitrogens with one attached hydrogen (secondary N) is 1. The first-order valence-corrected chi connectivity index (χ1v) is 9.20.